The number of rotatable bonds is 2. The van der Waals surface area contributed by atoms with E-state index in [2.05, 4.69) is 10.2 Å². The van der Waals surface area contributed by atoms with Crippen LogP contribution in [0.25, 0.3) is 0 Å². The molecule has 3 aliphatic rings. The quantitative estimate of drug-likeness (QED) is 0.855. The molecule has 1 saturated carbocycles. The highest BCUT2D eigenvalue weighted by Crippen LogP contribution is 2.45. The number of anilines is 2. The third-order valence-corrected chi connectivity index (χ3v) is 6.10. The highest BCUT2D eigenvalue weighted by Gasteiger charge is 2.52. The van der Waals surface area contributed by atoms with Gasteiger partial charge in [-0.2, -0.15) is 0 Å². The molecular weight excluding hydrogens is 344 g/mol. The zero-order valence-corrected chi connectivity index (χ0v) is 15.7. The summed E-state index contributed by atoms with van der Waals surface area (Å²) >= 11 is 0. The summed E-state index contributed by atoms with van der Waals surface area (Å²) in [6.45, 7) is 4.50. The van der Waals surface area contributed by atoms with E-state index in [0.717, 1.165) is 18.5 Å². The van der Waals surface area contributed by atoms with Gasteiger partial charge in [0.2, 0.25) is 11.8 Å². The molecule has 0 atom stereocenters. The maximum absolute atomic E-state index is 13.4. The number of nitrogens with one attached hydrogen (secondary N) is 1. The number of carbonyl (C=O) groups is 3. The highest BCUT2D eigenvalue weighted by atomic mass is 16.2. The highest BCUT2D eigenvalue weighted by molar-refractivity contribution is 6.15. The summed E-state index contributed by atoms with van der Waals surface area (Å²) in [5.74, 6) is -0.0172. The molecule has 3 amide bonds. The van der Waals surface area contributed by atoms with Crippen LogP contribution in [0.15, 0.2) is 24.3 Å². The fraction of sp³-hybridized carbons (Fsp3) is 0.550. The predicted molar refractivity (Wildman–Crippen MR) is 102 cm³/mol. The number of piperazine rings is 1. The molecule has 0 bridgehead atoms. The van der Waals surface area contributed by atoms with E-state index in [1.807, 2.05) is 29.2 Å². The number of nitrogens with zero attached hydrogens (tertiary/aromatic N) is 3. The van der Waals surface area contributed by atoms with Crippen molar-refractivity contribution in [3.05, 3.63) is 24.3 Å². The number of carbonyl (C=O) groups excluding carboxylic acids is 3. The molecule has 1 N–H and O–H groups in total. The first-order valence-electron chi connectivity index (χ1n) is 9.73. The lowest BCUT2D eigenvalue weighted by atomic mass is 9.89. The summed E-state index contributed by atoms with van der Waals surface area (Å²) in [6.07, 6.45) is 3.32. The Bertz CT molecular complexity index is 764. The maximum Gasteiger partial charge on any atom is 0.250 e. The zero-order valence-electron chi connectivity index (χ0n) is 15.7. The molecule has 144 valence electrons. The van der Waals surface area contributed by atoms with E-state index in [-0.39, 0.29) is 24.3 Å². The number of hydrogen-bond acceptors (Lipinski definition) is 4. The Balaban J connectivity index is 1.57. The molecular formula is C20H26N4O3. The minimum atomic E-state index is -0.757. The van der Waals surface area contributed by atoms with Crippen LogP contribution < -0.4 is 10.2 Å². The molecule has 1 aliphatic carbocycles. The zero-order chi connectivity index (χ0) is 19.0. The van der Waals surface area contributed by atoms with Crippen LogP contribution in [0.4, 0.5) is 11.4 Å². The molecule has 2 fully saturated rings. The monoisotopic (exact) mass is 370 g/mol. The van der Waals surface area contributed by atoms with E-state index >= 15 is 0 Å². The Morgan fingerprint density at radius 2 is 1.74 bits per heavy atom. The molecule has 0 unspecified atom stereocenters. The smallest absolute Gasteiger partial charge is 0.250 e. The van der Waals surface area contributed by atoms with Gasteiger partial charge in [0.05, 0.1) is 17.9 Å². The Hall–Kier alpha value is -2.41. The van der Waals surface area contributed by atoms with Gasteiger partial charge in [0, 0.05) is 33.1 Å². The van der Waals surface area contributed by atoms with Crippen molar-refractivity contribution in [3.63, 3.8) is 0 Å². The van der Waals surface area contributed by atoms with Crippen molar-refractivity contribution in [2.75, 3.05) is 42.9 Å². The molecule has 2 aliphatic heterocycles. The summed E-state index contributed by atoms with van der Waals surface area (Å²) in [7, 11) is 0. The lowest BCUT2D eigenvalue weighted by Gasteiger charge is -2.45. The van der Waals surface area contributed by atoms with Crippen molar-refractivity contribution in [2.45, 2.75) is 38.1 Å². The van der Waals surface area contributed by atoms with E-state index in [9.17, 15) is 14.4 Å². The minimum absolute atomic E-state index is 0.0320. The standard InChI is InChI=1S/C20H26N4O3/c1-15(25)23-12-10-22(11-13-23)14-18(26)24-17-7-3-2-6-16(17)21-19(27)20(24)8-4-5-9-20/h2-3,6-7H,4-5,8-14H2,1H3,(H,21,27). The van der Waals surface area contributed by atoms with Crippen LogP contribution in [0, 0.1) is 0 Å². The topological polar surface area (TPSA) is 73.0 Å². The molecule has 1 aromatic rings. The normalized spacial score (nSPS) is 21.9. The van der Waals surface area contributed by atoms with Gasteiger partial charge in [-0.15, -0.1) is 0 Å². The molecule has 7 nitrogen and oxygen atoms in total. The van der Waals surface area contributed by atoms with Gasteiger partial charge in [-0.25, -0.2) is 0 Å². The second-order valence-electron chi connectivity index (χ2n) is 7.72. The van der Waals surface area contributed by atoms with Gasteiger partial charge in [0.1, 0.15) is 5.54 Å². The largest absolute Gasteiger partial charge is 0.340 e. The van der Waals surface area contributed by atoms with Crippen molar-refractivity contribution in [3.8, 4) is 0 Å². The van der Waals surface area contributed by atoms with Crippen molar-refractivity contribution in [2.24, 2.45) is 0 Å². The Kier molecular flexibility index (Phi) is 4.63. The first-order valence-corrected chi connectivity index (χ1v) is 9.73. The number of amides is 3. The Labute approximate surface area is 159 Å². The molecule has 27 heavy (non-hydrogen) atoms. The SMILES string of the molecule is CC(=O)N1CCN(CC(=O)N2c3ccccc3NC(=O)C23CCCC3)CC1. The number of hydrogen-bond donors (Lipinski definition) is 1. The summed E-state index contributed by atoms with van der Waals surface area (Å²) in [6, 6.07) is 7.54. The van der Waals surface area contributed by atoms with Crippen LogP contribution in [-0.2, 0) is 14.4 Å². The second kappa shape index (κ2) is 6.96. The van der Waals surface area contributed by atoms with Gasteiger partial charge < -0.3 is 10.2 Å². The summed E-state index contributed by atoms with van der Waals surface area (Å²) < 4.78 is 0. The third kappa shape index (κ3) is 3.10. The van der Waals surface area contributed by atoms with E-state index < -0.39 is 5.54 Å². The molecule has 1 spiro atoms. The van der Waals surface area contributed by atoms with Crippen LogP contribution in [0.2, 0.25) is 0 Å². The molecule has 2 heterocycles. The second-order valence-corrected chi connectivity index (χ2v) is 7.72. The van der Waals surface area contributed by atoms with Gasteiger partial charge in [0.15, 0.2) is 0 Å². The van der Waals surface area contributed by atoms with Crippen molar-refractivity contribution >= 4 is 29.1 Å². The van der Waals surface area contributed by atoms with Crippen LogP contribution in [0.5, 0.6) is 0 Å². The summed E-state index contributed by atoms with van der Waals surface area (Å²) in [5.41, 5.74) is 0.744. The fourth-order valence-corrected chi connectivity index (χ4v) is 4.61. The molecule has 1 aromatic carbocycles. The summed E-state index contributed by atoms with van der Waals surface area (Å²) in [4.78, 5) is 43.5. The molecule has 1 saturated heterocycles. The Morgan fingerprint density at radius 3 is 2.41 bits per heavy atom. The first-order chi connectivity index (χ1) is 13.0. The van der Waals surface area contributed by atoms with Crippen LogP contribution in [-0.4, -0.2) is 65.8 Å². The van der Waals surface area contributed by atoms with Gasteiger partial charge in [-0.3, -0.25) is 24.2 Å². The van der Waals surface area contributed by atoms with E-state index in [1.165, 1.54) is 0 Å². The van der Waals surface area contributed by atoms with Gasteiger partial charge in [-0.05, 0) is 25.0 Å². The lowest BCUT2D eigenvalue weighted by molar-refractivity contribution is -0.131. The van der Waals surface area contributed by atoms with Crippen molar-refractivity contribution < 1.29 is 14.4 Å². The predicted octanol–water partition coefficient (Wildman–Crippen LogP) is 1.45. The van der Waals surface area contributed by atoms with Crippen molar-refractivity contribution in [1.29, 1.82) is 0 Å². The average Bonchev–Trinajstić information content (AvgIpc) is 3.13. The molecule has 0 aromatic heterocycles. The van der Waals surface area contributed by atoms with Crippen LogP contribution in [0.3, 0.4) is 0 Å². The van der Waals surface area contributed by atoms with E-state index in [0.29, 0.717) is 44.7 Å². The number of benzene rings is 1. The van der Waals surface area contributed by atoms with Gasteiger partial charge >= 0.3 is 0 Å². The third-order valence-electron chi connectivity index (χ3n) is 6.10. The van der Waals surface area contributed by atoms with Crippen molar-refractivity contribution in [1.82, 2.24) is 9.80 Å². The van der Waals surface area contributed by atoms with Gasteiger partial charge in [0.25, 0.3) is 5.91 Å². The fourth-order valence-electron chi connectivity index (χ4n) is 4.61. The summed E-state index contributed by atoms with van der Waals surface area (Å²) in [5, 5.41) is 3.01. The number of fused-ring (bicyclic) bond motifs is 1. The number of para-hydroxylation sites is 2. The Morgan fingerprint density at radius 1 is 1.07 bits per heavy atom. The first kappa shape index (κ1) is 18.0. The van der Waals surface area contributed by atoms with Gasteiger partial charge in [-0.1, -0.05) is 25.0 Å². The average molecular weight is 370 g/mol. The lowest BCUT2D eigenvalue weighted by Crippen LogP contribution is -2.62. The molecule has 0 radical (unpaired) electrons. The molecule has 4 rings (SSSR count). The van der Waals surface area contributed by atoms with Crippen LogP contribution in [0.1, 0.15) is 32.6 Å². The van der Waals surface area contributed by atoms with E-state index in [1.54, 1.807) is 11.8 Å². The van der Waals surface area contributed by atoms with E-state index in [4.69, 9.17) is 0 Å². The van der Waals surface area contributed by atoms with Crippen LogP contribution >= 0.6 is 0 Å². The minimum Gasteiger partial charge on any atom is -0.340 e. The maximum atomic E-state index is 13.4. The molecule has 7 heteroatoms.